The highest BCUT2D eigenvalue weighted by atomic mass is 16.4. The molecule has 1 saturated carbocycles. The first-order valence-corrected chi connectivity index (χ1v) is 6.00. The first kappa shape index (κ1) is 11.6. The molecule has 0 bridgehead atoms. The Morgan fingerprint density at radius 3 is 2.63 bits per heavy atom. The van der Waals surface area contributed by atoms with Gasteiger partial charge in [0.2, 0.25) is 0 Å². The molecule has 0 radical (unpaired) electrons. The molecule has 2 heterocycles. The SMILES string of the molecule is O=C(O)c1nc(C2CC2)ccc1Nc1cncnc1. The smallest absolute Gasteiger partial charge is 0.356 e. The van der Waals surface area contributed by atoms with Crippen molar-refractivity contribution in [3.05, 3.63) is 42.2 Å². The van der Waals surface area contributed by atoms with Gasteiger partial charge in [0.05, 0.1) is 23.8 Å². The minimum Gasteiger partial charge on any atom is -0.476 e. The number of nitrogens with zero attached hydrogens (tertiary/aromatic N) is 3. The van der Waals surface area contributed by atoms with E-state index in [2.05, 4.69) is 20.3 Å². The first-order chi connectivity index (χ1) is 9.24. The van der Waals surface area contributed by atoms with Gasteiger partial charge in [-0.05, 0) is 25.0 Å². The lowest BCUT2D eigenvalue weighted by Gasteiger charge is -2.09. The Hall–Kier alpha value is -2.50. The van der Waals surface area contributed by atoms with Crippen molar-refractivity contribution in [3.8, 4) is 0 Å². The molecule has 0 amide bonds. The standard InChI is InChI=1S/C13H12N4O2/c18-13(19)12-11(16-9-5-14-7-15-6-9)4-3-10(17-12)8-1-2-8/h3-8,16H,1-2H2,(H,18,19). The Balaban J connectivity index is 1.93. The molecule has 0 aliphatic heterocycles. The van der Waals surface area contributed by atoms with Gasteiger partial charge in [-0.15, -0.1) is 0 Å². The molecule has 3 rings (SSSR count). The molecule has 19 heavy (non-hydrogen) atoms. The quantitative estimate of drug-likeness (QED) is 0.871. The fourth-order valence-electron chi connectivity index (χ4n) is 1.86. The van der Waals surface area contributed by atoms with E-state index in [1.165, 1.54) is 6.33 Å². The summed E-state index contributed by atoms with van der Waals surface area (Å²) >= 11 is 0. The highest BCUT2D eigenvalue weighted by molar-refractivity contribution is 5.93. The Morgan fingerprint density at radius 2 is 2.00 bits per heavy atom. The van der Waals surface area contributed by atoms with E-state index in [-0.39, 0.29) is 5.69 Å². The summed E-state index contributed by atoms with van der Waals surface area (Å²) < 4.78 is 0. The third kappa shape index (κ3) is 2.52. The number of anilines is 2. The number of pyridine rings is 1. The van der Waals surface area contributed by atoms with Crippen LogP contribution in [0.2, 0.25) is 0 Å². The monoisotopic (exact) mass is 256 g/mol. The zero-order chi connectivity index (χ0) is 13.2. The van der Waals surface area contributed by atoms with E-state index in [0.29, 0.717) is 17.3 Å². The molecule has 0 saturated heterocycles. The van der Waals surface area contributed by atoms with E-state index >= 15 is 0 Å². The maximum absolute atomic E-state index is 11.3. The van der Waals surface area contributed by atoms with Gasteiger partial charge in [-0.1, -0.05) is 0 Å². The number of rotatable bonds is 4. The number of nitrogens with one attached hydrogen (secondary N) is 1. The second kappa shape index (κ2) is 4.64. The maximum Gasteiger partial charge on any atom is 0.356 e. The van der Waals surface area contributed by atoms with Gasteiger partial charge >= 0.3 is 5.97 Å². The summed E-state index contributed by atoms with van der Waals surface area (Å²) in [5, 5.41) is 12.2. The summed E-state index contributed by atoms with van der Waals surface area (Å²) in [4.78, 5) is 23.2. The molecule has 0 unspecified atom stereocenters. The molecule has 2 aromatic rings. The Bertz CT molecular complexity index is 611. The normalized spacial score (nSPS) is 14.1. The topological polar surface area (TPSA) is 88.0 Å². The van der Waals surface area contributed by atoms with E-state index in [9.17, 15) is 9.90 Å². The summed E-state index contributed by atoms with van der Waals surface area (Å²) in [7, 11) is 0. The summed E-state index contributed by atoms with van der Waals surface area (Å²) in [6.45, 7) is 0. The van der Waals surface area contributed by atoms with Crippen molar-refractivity contribution in [3.63, 3.8) is 0 Å². The van der Waals surface area contributed by atoms with Crippen LogP contribution >= 0.6 is 0 Å². The molecule has 2 aromatic heterocycles. The molecule has 1 aliphatic rings. The van der Waals surface area contributed by atoms with Crippen LogP contribution in [0.15, 0.2) is 30.9 Å². The van der Waals surface area contributed by atoms with Crippen molar-refractivity contribution in [2.75, 3.05) is 5.32 Å². The van der Waals surface area contributed by atoms with Crippen LogP contribution in [0.5, 0.6) is 0 Å². The van der Waals surface area contributed by atoms with Gasteiger partial charge in [-0.2, -0.15) is 0 Å². The van der Waals surface area contributed by atoms with Gasteiger partial charge in [0.1, 0.15) is 6.33 Å². The summed E-state index contributed by atoms with van der Waals surface area (Å²) in [6, 6.07) is 3.62. The molecule has 0 spiro atoms. The average molecular weight is 256 g/mol. The van der Waals surface area contributed by atoms with E-state index in [0.717, 1.165) is 18.5 Å². The van der Waals surface area contributed by atoms with Crippen LogP contribution in [0.1, 0.15) is 34.9 Å². The summed E-state index contributed by atoms with van der Waals surface area (Å²) in [6.07, 6.45) is 6.75. The number of carboxylic acid groups (broad SMARTS) is 1. The van der Waals surface area contributed by atoms with Crippen LogP contribution < -0.4 is 5.32 Å². The van der Waals surface area contributed by atoms with Crippen LogP contribution in [0, 0.1) is 0 Å². The molecular formula is C13H12N4O2. The summed E-state index contributed by atoms with van der Waals surface area (Å²) in [5.41, 5.74) is 1.97. The van der Waals surface area contributed by atoms with Crippen LogP contribution in [0.4, 0.5) is 11.4 Å². The third-order valence-corrected chi connectivity index (χ3v) is 2.95. The fourth-order valence-corrected chi connectivity index (χ4v) is 1.86. The number of aromatic nitrogens is 3. The lowest BCUT2D eigenvalue weighted by Crippen LogP contribution is -2.07. The predicted octanol–water partition coefficient (Wildman–Crippen LogP) is 2.19. The van der Waals surface area contributed by atoms with Gasteiger partial charge in [0.25, 0.3) is 0 Å². The van der Waals surface area contributed by atoms with E-state index in [4.69, 9.17) is 0 Å². The van der Waals surface area contributed by atoms with E-state index in [1.807, 2.05) is 6.07 Å². The van der Waals surface area contributed by atoms with Crippen molar-refractivity contribution in [1.29, 1.82) is 0 Å². The van der Waals surface area contributed by atoms with Crippen LogP contribution in [0.3, 0.4) is 0 Å². The van der Waals surface area contributed by atoms with Crippen molar-refractivity contribution in [2.45, 2.75) is 18.8 Å². The second-order valence-corrected chi connectivity index (χ2v) is 4.46. The molecule has 0 atom stereocenters. The molecule has 1 fully saturated rings. The van der Waals surface area contributed by atoms with E-state index < -0.39 is 5.97 Å². The van der Waals surface area contributed by atoms with Crippen molar-refractivity contribution >= 4 is 17.3 Å². The number of carboxylic acids is 1. The highest BCUT2D eigenvalue weighted by Crippen LogP contribution is 2.39. The predicted molar refractivity (Wildman–Crippen MR) is 68.5 cm³/mol. The molecule has 1 aliphatic carbocycles. The average Bonchev–Trinajstić information content (AvgIpc) is 3.24. The molecule has 6 heteroatoms. The largest absolute Gasteiger partial charge is 0.476 e. The number of carbonyl (C=O) groups is 1. The van der Waals surface area contributed by atoms with Crippen molar-refractivity contribution in [2.24, 2.45) is 0 Å². The molecule has 6 nitrogen and oxygen atoms in total. The second-order valence-electron chi connectivity index (χ2n) is 4.46. The molecule has 0 aromatic carbocycles. The van der Waals surface area contributed by atoms with Gasteiger partial charge in [0.15, 0.2) is 5.69 Å². The summed E-state index contributed by atoms with van der Waals surface area (Å²) in [5.74, 6) is -0.617. The van der Waals surface area contributed by atoms with Gasteiger partial charge in [0, 0.05) is 11.6 Å². The minimum atomic E-state index is -1.04. The van der Waals surface area contributed by atoms with Crippen LogP contribution in [0.25, 0.3) is 0 Å². The molecular weight excluding hydrogens is 244 g/mol. The Kier molecular flexibility index (Phi) is 2.83. The van der Waals surface area contributed by atoms with Crippen LogP contribution in [-0.4, -0.2) is 26.0 Å². The van der Waals surface area contributed by atoms with E-state index in [1.54, 1.807) is 18.5 Å². The van der Waals surface area contributed by atoms with Gasteiger partial charge < -0.3 is 10.4 Å². The first-order valence-electron chi connectivity index (χ1n) is 6.00. The van der Waals surface area contributed by atoms with Crippen molar-refractivity contribution in [1.82, 2.24) is 15.0 Å². The Morgan fingerprint density at radius 1 is 1.26 bits per heavy atom. The molecule has 96 valence electrons. The molecule has 2 N–H and O–H groups in total. The fraction of sp³-hybridized carbons (Fsp3) is 0.231. The highest BCUT2D eigenvalue weighted by Gasteiger charge is 2.26. The van der Waals surface area contributed by atoms with Crippen molar-refractivity contribution < 1.29 is 9.90 Å². The number of aromatic carboxylic acids is 1. The van der Waals surface area contributed by atoms with Gasteiger partial charge in [-0.3, -0.25) is 0 Å². The minimum absolute atomic E-state index is 0.0354. The number of hydrogen-bond acceptors (Lipinski definition) is 5. The lowest BCUT2D eigenvalue weighted by atomic mass is 10.2. The van der Waals surface area contributed by atoms with Crippen LogP contribution in [-0.2, 0) is 0 Å². The maximum atomic E-state index is 11.3. The Labute approximate surface area is 109 Å². The lowest BCUT2D eigenvalue weighted by molar-refractivity contribution is 0.0691. The number of hydrogen-bond donors (Lipinski definition) is 2. The zero-order valence-corrected chi connectivity index (χ0v) is 10.1. The third-order valence-electron chi connectivity index (χ3n) is 2.95. The zero-order valence-electron chi connectivity index (χ0n) is 10.1. The van der Waals surface area contributed by atoms with Gasteiger partial charge in [-0.25, -0.2) is 19.7 Å².